The van der Waals surface area contributed by atoms with Crippen LogP contribution in [0.5, 0.6) is 0 Å². The third-order valence-corrected chi connectivity index (χ3v) is 7.34. The maximum Gasteiger partial charge on any atom is 0.342 e. The molecule has 0 saturated heterocycles. The minimum atomic E-state index is -2.66. The fraction of sp³-hybridized carbons (Fsp3) is 0.625. The van der Waals surface area contributed by atoms with Crippen LogP contribution in [0.15, 0.2) is 24.3 Å². The second-order valence-electron chi connectivity index (χ2n) is 9.50. The average molecular weight is 481 g/mol. The van der Waals surface area contributed by atoms with Crippen molar-refractivity contribution in [2.45, 2.75) is 75.7 Å². The van der Waals surface area contributed by atoms with Gasteiger partial charge in [0, 0.05) is 18.8 Å². The van der Waals surface area contributed by atoms with Crippen molar-refractivity contribution in [2.75, 3.05) is 0 Å². The lowest BCUT2D eigenvalue weighted by Crippen LogP contribution is -2.61. The molecule has 10 heteroatoms. The van der Waals surface area contributed by atoms with Gasteiger partial charge in [-0.05, 0) is 37.0 Å². The molecule has 0 aromatic heterocycles. The van der Waals surface area contributed by atoms with Gasteiger partial charge in [0.2, 0.25) is 12.0 Å². The molecule has 34 heavy (non-hydrogen) atoms. The van der Waals surface area contributed by atoms with Crippen LogP contribution >= 0.6 is 0 Å². The normalized spacial score (nSPS) is 33.6. The molecule has 0 amide bonds. The van der Waals surface area contributed by atoms with Crippen LogP contribution in [0.2, 0.25) is 0 Å². The Morgan fingerprint density at radius 1 is 1.15 bits per heavy atom. The molecular formula is C24H29F2NO7. The highest BCUT2D eigenvalue weighted by Gasteiger charge is 2.85. The Labute approximate surface area is 195 Å². The van der Waals surface area contributed by atoms with Crippen molar-refractivity contribution in [3.63, 3.8) is 0 Å². The number of carboxylic acids is 1. The van der Waals surface area contributed by atoms with Crippen LogP contribution in [0.4, 0.5) is 8.78 Å². The van der Waals surface area contributed by atoms with Gasteiger partial charge in [0.25, 0.3) is 0 Å². The average Bonchev–Trinajstić information content (AvgIpc) is 3.29. The van der Waals surface area contributed by atoms with Crippen LogP contribution < -0.4 is 5.73 Å². The van der Waals surface area contributed by atoms with E-state index in [0.717, 1.165) is 19.3 Å². The fourth-order valence-corrected chi connectivity index (χ4v) is 5.45. The first-order valence-corrected chi connectivity index (χ1v) is 11.6. The van der Waals surface area contributed by atoms with Crippen LogP contribution in [0.1, 0.15) is 51.0 Å². The number of fused-ring (bicyclic) bond motifs is 1. The van der Waals surface area contributed by atoms with E-state index in [-0.39, 0.29) is 18.9 Å². The lowest BCUT2D eigenvalue weighted by molar-refractivity contribution is -0.196. The topological polar surface area (TPSA) is 125 Å². The van der Waals surface area contributed by atoms with E-state index in [9.17, 15) is 23.9 Å². The Balaban J connectivity index is 1.45. The lowest BCUT2D eigenvalue weighted by Gasteiger charge is -2.34. The van der Waals surface area contributed by atoms with Gasteiger partial charge in [0.15, 0.2) is 0 Å². The van der Waals surface area contributed by atoms with Gasteiger partial charge in [-0.25, -0.2) is 18.4 Å². The van der Waals surface area contributed by atoms with Gasteiger partial charge in [-0.1, -0.05) is 31.4 Å². The molecule has 3 aliphatic carbocycles. The van der Waals surface area contributed by atoms with E-state index in [0.29, 0.717) is 18.4 Å². The molecule has 186 valence electrons. The van der Waals surface area contributed by atoms with Crippen molar-refractivity contribution in [3.8, 4) is 0 Å². The number of halogens is 2. The number of carboxylic acid groups (broad SMARTS) is 1. The van der Waals surface area contributed by atoms with Crippen molar-refractivity contribution in [2.24, 2.45) is 23.5 Å². The standard InChI is InChI=1S/C24H29F2NO7/c1-13(33-20(28)15-5-3-2-4-6-15)34-22(31)24(27)18(11-17-19(24)23(17,26)21(29)30)32-12-14-7-9-16(25)10-8-14/h7-10,13,15,17-19H,2-6,11-12,27H2,1H3,(H,29,30)/t13?,17-,18-,19+,23-,24+/m1/s1. The molecule has 3 N–H and O–H groups in total. The van der Waals surface area contributed by atoms with Crippen molar-refractivity contribution >= 4 is 17.9 Å². The Bertz CT molecular complexity index is 951. The second-order valence-corrected chi connectivity index (χ2v) is 9.50. The summed E-state index contributed by atoms with van der Waals surface area (Å²) in [4.78, 5) is 37.0. The molecule has 3 fully saturated rings. The predicted molar refractivity (Wildman–Crippen MR) is 113 cm³/mol. The summed E-state index contributed by atoms with van der Waals surface area (Å²) in [5.74, 6) is -6.31. The number of esters is 2. The molecule has 0 heterocycles. The van der Waals surface area contributed by atoms with Gasteiger partial charge in [0.1, 0.15) is 11.4 Å². The molecule has 0 radical (unpaired) electrons. The zero-order valence-electron chi connectivity index (χ0n) is 18.9. The highest BCUT2D eigenvalue weighted by Crippen LogP contribution is 2.67. The number of rotatable bonds is 8. The van der Waals surface area contributed by atoms with E-state index in [1.165, 1.54) is 31.2 Å². The summed E-state index contributed by atoms with van der Waals surface area (Å²) >= 11 is 0. The number of benzene rings is 1. The maximum absolute atomic E-state index is 15.1. The zero-order chi connectivity index (χ0) is 24.7. The highest BCUT2D eigenvalue weighted by molar-refractivity contribution is 5.91. The number of hydrogen-bond donors (Lipinski definition) is 2. The number of carbonyl (C=O) groups excluding carboxylic acids is 2. The van der Waals surface area contributed by atoms with Gasteiger partial charge in [-0.2, -0.15) is 0 Å². The number of ether oxygens (including phenoxy) is 3. The minimum Gasteiger partial charge on any atom is -0.479 e. The summed E-state index contributed by atoms with van der Waals surface area (Å²) in [6.45, 7) is 1.31. The summed E-state index contributed by atoms with van der Waals surface area (Å²) in [5, 5.41) is 9.37. The molecule has 3 saturated carbocycles. The van der Waals surface area contributed by atoms with Gasteiger partial charge in [0.05, 0.1) is 18.6 Å². The van der Waals surface area contributed by atoms with E-state index in [4.69, 9.17) is 19.9 Å². The Morgan fingerprint density at radius 3 is 2.41 bits per heavy atom. The molecule has 1 unspecified atom stereocenters. The van der Waals surface area contributed by atoms with E-state index in [2.05, 4.69) is 0 Å². The molecule has 8 nitrogen and oxygen atoms in total. The number of hydrogen-bond acceptors (Lipinski definition) is 7. The quantitative estimate of drug-likeness (QED) is 0.429. The first kappa shape index (κ1) is 24.5. The molecule has 1 aromatic rings. The predicted octanol–water partition coefficient (Wildman–Crippen LogP) is 2.86. The Kier molecular flexibility index (Phi) is 6.65. The molecule has 4 rings (SSSR count). The van der Waals surface area contributed by atoms with E-state index in [1.807, 2.05) is 0 Å². The maximum atomic E-state index is 15.1. The molecule has 1 aromatic carbocycles. The van der Waals surface area contributed by atoms with E-state index in [1.54, 1.807) is 0 Å². The third-order valence-electron chi connectivity index (χ3n) is 7.34. The van der Waals surface area contributed by atoms with Crippen LogP contribution in [-0.4, -0.2) is 46.6 Å². The molecule has 0 spiro atoms. The first-order valence-electron chi connectivity index (χ1n) is 11.6. The molecule has 0 bridgehead atoms. The summed E-state index contributed by atoms with van der Waals surface area (Å²) in [6, 6.07) is 5.47. The van der Waals surface area contributed by atoms with Gasteiger partial charge < -0.3 is 25.1 Å². The number of carbonyl (C=O) groups is 3. The SMILES string of the molecule is CC(OC(=O)C1CCCCC1)OC(=O)[C@@]1(N)[C@H]2[C@@H](C[C@H]1OCc1ccc(F)cc1)[C@]2(F)C(=O)O. The Hall–Kier alpha value is -2.59. The minimum absolute atomic E-state index is 0.0464. The Morgan fingerprint density at radius 2 is 1.79 bits per heavy atom. The number of aliphatic carboxylic acids is 1. The van der Waals surface area contributed by atoms with E-state index >= 15 is 4.39 Å². The number of nitrogens with two attached hydrogens (primary N) is 1. The summed E-state index contributed by atoms with van der Waals surface area (Å²) in [7, 11) is 0. The summed E-state index contributed by atoms with van der Waals surface area (Å²) in [5.41, 5.74) is 2.19. The lowest BCUT2D eigenvalue weighted by atomic mass is 9.87. The van der Waals surface area contributed by atoms with Crippen LogP contribution in [0.3, 0.4) is 0 Å². The third kappa shape index (κ3) is 4.29. The molecular weight excluding hydrogens is 452 g/mol. The largest absolute Gasteiger partial charge is 0.479 e. The zero-order valence-corrected chi connectivity index (χ0v) is 18.9. The van der Waals surface area contributed by atoms with E-state index < -0.39 is 59.2 Å². The van der Waals surface area contributed by atoms with Crippen molar-refractivity contribution in [3.05, 3.63) is 35.6 Å². The molecule has 0 aliphatic heterocycles. The smallest absolute Gasteiger partial charge is 0.342 e. The van der Waals surface area contributed by atoms with Crippen LogP contribution in [0, 0.1) is 23.6 Å². The monoisotopic (exact) mass is 481 g/mol. The van der Waals surface area contributed by atoms with Crippen LogP contribution in [-0.2, 0) is 35.2 Å². The first-order chi connectivity index (χ1) is 16.1. The van der Waals surface area contributed by atoms with Gasteiger partial charge in [-0.15, -0.1) is 0 Å². The fourth-order valence-electron chi connectivity index (χ4n) is 5.45. The van der Waals surface area contributed by atoms with Crippen molar-refractivity contribution < 1.29 is 42.5 Å². The van der Waals surface area contributed by atoms with Gasteiger partial charge in [-0.3, -0.25) is 4.79 Å². The molecule has 3 aliphatic rings. The van der Waals surface area contributed by atoms with Crippen LogP contribution in [0.25, 0.3) is 0 Å². The van der Waals surface area contributed by atoms with Crippen molar-refractivity contribution in [1.29, 1.82) is 0 Å². The highest BCUT2D eigenvalue weighted by atomic mass is 19.1. The number of alkyl halides is 1. The summed E-state index contributed by atoms with van der Waals surface area (Å²) in [6.07, 6.45) is 1.88. The molecule has 6 atom stereocenters. The van der Waals surface area contributed by atoms with Crippen molar-refractivity contribution in [1.82, 2.24) is 0 Å². The second kappa shape index (κ2) is 9.22. The van der Waals surface area contributed by atoms with Gasteiger partial charge >= 0.3 is 17.9 Å². The summed E-state index contributed by atoms with van der Waals surface area (Å²) < 4.78 is 44.6.